The molecular weight excluding hydrogens is 316 g/mol. The van der Waals surface area contributed by atoms with E-state index < -0.39 is 4.92 Å². The van der Waals surface area contributed by atoms with Crippen LogP contribution in [0.1, 0.15) is 23.7 Å². The summed E-state index contributed by atoms with van der Waals surface area (Å²) in [6, 6.07) is 4.06. The van der Waals surface area contributed by atoms with Crippen LogP contribution in [0.5, 0.6) is 0 Å². The van der Waals surface area contributed by atoms with Gasteiger partial charge in [0.25, 0.3) is 11.6 Å². The predicted molar refractivity (Wildman–Crippen MR) is 72.1 cm³/mol. The number of rotatable bonds is 3. The van der Waals surface area contributed by atoms with Crippen LogP contribution in [0.4, 0.5) is 5.69 Å². The lowest BCUT2D eigenvalue weighted by atomic mass is 10.1. The number of halogens is 1. The molecule has 1 aliphatic heterocycles. The number of nitrogens with zero attached hydrogens (tertiary/aromatic N) is 1. The van der Waals surface area contributed by atoms with E-state index in [9.17, 15) is 14.9 Å². The van der Waals surface area contributed by atoms with Gasteiger partial charge in [-0.15, -0.1) is 0 Å². The second-order valence-electron chi connectivity index (χ2n) is 4.37. The molecule has 0 aromatic heterocycles. The minimum atomic E-state index is -0.523. The summed E-state index contributed by atoms with van der Waals surface area (Å²) in [5, 5.41) is 13.6. The number of benzene rings is 1. The van der Waals surface area contributed by atoms with Gasteiger partial charge in [-0.3, -0.25) is 14.9 Å². The Labute approximate surface area is 118 Å². The molecule has 2 atom stereocenters. The van der Waals surface area contributed by atoms with E-state index in [1.165, 1.54) is 18.2 Å². The zero-order valence-corrected chi connectivity index (χ0v) is 11.8. The highest BCUT2D eigenvalue weighted by Gasteiger charge is 2.27. The van der Waals surface area contributed by atoms with Crippen molar-refractivity contribution in [3.8, 4) is 0 Å². The van der Waals surface area contributed by atoms with Crippen LogP contribution >= 0.6 is 15.9 Å². The van der Waals surface area contributed by atoms with Gasteiger partial charge in [-0.05, 0) is 35.3 Å². The normalized spacial score (nSPS) is 22.2. The molecule has 19 heavy (non-hydrogen) atoms. The van der Waals surface area contributed by atoms with Crippen LogP contribution in [0.2, 0.25) is 0 Å². The Kier molecular flexibility index (Phi) is 4.16. The molecule has 0 spiro atoms. The highest BCUT2D eigenvalue weighted by atomic mass is 79.9. The first-order valence-corrected chi connectivity index (χ1v) is 6.64. The van der Waals surface area contributed by atoms with E-state index in [0.29, 0.717) is 11.1 Å². The van der Waals surface area contributed by atoms with E-state index in [4.69, 9.17) is 4.74 Å². The molecule has 2 unspecified atom stereocenters. The summed E-state index contributed by atoms with van der Waals surface area (Å²) in [5.41, 5.74) is 0.150. The van der Waals surface area contributed by atoms with Crippen molar-refractivity contribution < 1.29 is 14.5 Å². The maximum Gasteiger partial charge on any atom is 0.270 e. The van der Waals surface area contributed by atoms with Crippen molar-refractivity contribution in [3.63, 3.8) is 0 Å². The van der Waals surface area contributed by atoms with E-state index in [-0.39, 0.29) is 29.3 Å². The Morgan fingerprint density at radius 1 is 1.58 bits per heavy atom. The molecule has 1 fully saturated rings. The predicted octanol–water partition coefficient (Wildman–Crippen LogP) is 2.26. The monoisotopic (exact) mass is 328 g/mol. The molecule has 0 saturated carbocycles. The summed E-state index contributed by atoms with van der Waals surface area (Å²) < 4.78 is 5.89. The van der Waals surface area contributed by atoms with Crippen LogP contribution in [0.3, 0.4) is 0 Å². The smallest absolute Gasteiger partial charge is 0.270 e. The van der Waals surface area contributed by atoms with Gasteiger partial charge in [0.2, 0.25) is 0 Å². The van der Waals surface area contributed by atoms with Gasteiger partial charge in [-0.25, -0.2) is 0 Å². The molecular formula is C12H13BrN2O4. The molecule has 1 aromatic rings. The second kappa shape index (κ2) is 5.66. The first-order chi connectivity index (χ1) is 8.99. The van der Waals surface area contributed by atoms with Gasteiger partial charge >= 0.3 is 0 Å². The Hall–Kier alpha value is -1.47. The topological polar surface area (TPSA) is 81.5 Å². The molecule has 0 radical (unpaired) electrons. The minimum Gasteiger partial charge on any atom is -0.376 e. The van der Waals surface area contributed by atoms with Gasteiger partial charge in [-0.2, -0.15) is 0 Å². The number of nitrogens with one attached hydrogen (secondary N) is 1. The zero-order valence-electron chi connectivity index (χ0n) is 10.3. The van der Waals surface area contributed by atoms with Crippen molar-refractivity contribution in [2.75, 3.05) is 6.61 Å². The van der Waals surface area contributed by atoms with Gasteiger partial charge in [0.1, 0.15) is 0 Å². The highest BCUT2D eigenvalue weighted by molar-refractivity contribution is 9.10. The number of nitro groups is 1. The summed E-state index contributed by atoms with van der Waals surface area (Å²) >= 11 is 3.23. The Bertz CT molecular complexity index is 520. The first kappa shape index (κ1) is 14.0. The third-order valence-electron chi connectivity index (χ3n) is 3.10. The van der Waals surface area contributed by atoms with Crippen LogP contribution in [0.25, 0.3) is 0 Å². The SMILES string of the molecule is CC1OCCC1NC(=O)c1cc([N+](=O)[O-])ccc1Br. The second-order valence-corrected chi connectivity index (χ2v) is 5.22. The minimum absolute atomic E-state index is 0.0403. The molecule has 1 saturated heterocycles. The number of hydrogen-bond acceptors (Lipinski definition) is 4. The van der Waals surface area contributed by atoms with Gasteiger partial charge in [0.15, 0.2) is 0 Å². The number of carbonyl (C=O) groups excluding carboxylic acids is 1. The van der Waals surface area contributed by atoms with Gasteiger partial charge in [-0.1, -0.05) is 0 Å². The largest absolute Gasteiger partial charge is 0.376 e. The Morgan fingerprint density at radius 2 is 2.32 bits per heavy atom. The zero-order chi connectivity index (χ0) is 14.0. The molecule has 1 aliphatic rings. The lowest BCUT2D eigenvalue weighted by Gasteiger charge is -2.16. The number of nitro benzene ring substituents is 1. The lowest BCUT2D eigenvalue weighted by molar-refractivity contribution is -0.384. The van der Waals surface area contributed by atoms with Crippen molar-refractivity contribution in [2.24, 2.45) is 0 Å². The lowest BCUT2D eigenvalue weighted by Crippen LogP contribution is -2.39. The van der Waals surface area contributed by atoms with E-state index in [1.54, 1.807) is 0 Å². The molecule has 1 amide bonds. The fraction of sp³-hybridized carbons (Fsp3) is 0.417. The quantitative estimate of drug-likeness (QED) is 0.681. The van der Waals surface area contributed by atoms with Crippen molar-refractivity contribution in [1.29, 1.82) is 0 Å². The van der Waals surface area contributed by atoms with Crippen molar-refractivity contribution in [2.45, 2.75) is 25.5 Å². The third-order valence-corrected chi connectivity index (χ3v) is 3.79. The molecule has 1 N–H and O–H groups in total. The molecule has 2 rings (SSSR count). The summed E-state index contributed by atoms with van der Waals surface area (Å²) in [7, 11) is 0. The summed E-state index contributed by atoms with van der Waals surface area (Å²) in [6.07, 6.45) is 0.709. The first-order valence-electron chi connectivity index (χ1n) is 5.85. The van der Waals surface area contributed by atoms with Gasteiger partial charge < -0.3 is 10.1 Å². The average Bonchev–Trinajstić information content (AvgIpc) is 2.75. The summed E-state index contributed by atoms with van der Waals surface area (Å²) in [6.45, 7) is 2.50. The van der Waals surface area contributed by atoms with Crippen LogP contribution in [-0.4, -0.2) is 29.6 Å². The molecule has 0 aliphatic carbocycles. The average molecular weight is 329 g/mol. The van der Waals surface area contributed by atoms with Gasteiger partial charge in [0, 0.05) is 23.2 Å². The fourth-order valence-corrected chi connectivity index (χ4v) is 2.39. The number of ether oxygens (including phenoxy) is 1. The van der Waals surface area contributed by atoms with Crippen LogP contribution in [0.15, 0.2) is 22.7 Å². The van der Waals surface area contributed by atoms with Gasteiger partial charge in [0.05, 0.1) is 22.6 Å². The molecule has 1 aromatic carbocycles. The van der Waals surface area contributed by atoms with Crippen LogP contribution in [-0.2, 0) is 4.74 Å². The Morgan fingerprint density at radius 3 is 2.89 bits per heavy atom. The molecule has 1 heterocycles. The molecule has 7 heteroatoms. The van der Waals surface area contributed by atoms with Crippen molar-refractivity contribution >= 4 is 27.5 Å². The van der Waals surface area contributed by atoms with E-state index in [1.807, 2.05) is 6.92 Å². The van der Waals surface area contributed by atoms with E-state index >= 15 is 0 Å². The van der Waals surface area contributed by atoms with E-state index in [2.05, 4.69) is 21.2 Å². The summed E-state index contributed by atoms with van der Waals surface area (Å²) in [5.74, 6) is -0.335. The standard InChI is InChI=1S/C12H13BrN2O4/c1-7-11(4-5-19-7)14-12(16)9-6-8(15(17)18)2-3-10(9)13/h2-3,6-7,11H,4-5H2,1H3,(H,14,16). The van der Waals surface area contributed by atoms with E-state index in [0.717, 1.165) is 6.42 Å². The highest BCUT2D eigenvalue weighted by Crippen LogP contribution is 2.23. The summed E-state index contributed by atoms with van der Waals surface area (Å²) in [4.78, 5) is 22.3. The Balaban J connectivity index is 2.18. The van der Waals surface area contributed by atoms with Crippen LogP contribution < -0.4 is 5.32 Å². The molecule has 0 bridgehead atoms. The molecule has 102 valence electrons. The number of amides is 1. The number of hydrogen-bond donors (Lipinski definition) is 1. The van der Waals surface area contributed by atoms with Crippen LogP contribution in [0, 0.1) is 10.1 Å². The fourth-order valence-electron chi connectivity index (χ4n) is 1.97. The molecule has 6 nitrogen and oxygen atoms in total. The van der Waals surface area contributed by atoms with Crippen molar-refractivity contribution in [1.82, 2.24) is 5.32 Å². The number of non-ortho nitro benzene ring substituents is 1. The maximum atomic E-state index is 12.1. The maximum absolute atomic E-state index is 12.1. The third kappa shape index (κ3) is 3.10. The van der Waals surface area contributed by atoms with Crippen molar-refractivity contribution in [3.05, 3.63) is 38.3 Å². The number of carbonyl (C=O) groups is 1.